The van der Waals surface area contributed by atoms with Crippen LogP contribution in [0.5, 0.6) is 0 Å². The predicted molar refractivity (Wildman–Crippen MR) is 78.2 cm³/mol. The molecule has 1 unspecified atom stereocenters. The number of nitro benzene ring substituents is 1. The van der Waals surface area contributed by atoms with Crippen LogP contribution in [-0.4, -0.2) is 40.5 Å². The summed E-state index contributed by atoms with van der Waals surface area (Å²) in [6, 6.07) is 6.84. The van der Waals surface area contributed by atoms with Crippen molar-refractivity contribution in [3.05, 3.63) is 39.9 Å². The summed E-state index contributed by atoms with van der Waals surface area (Å²) < 4.78 is 0. The number of para-hydroxylation sites is 1. The zero-order valence-corrected chi connectivity index (χ0v) is 11.9. The normalized spacial score (nSPS) is 18.8. The highest BCUT2D eigenvalue weighted by Crippen LogP contribution is 2.23. The van der Waals surface area contributed by atoms with Gasteiger partial charge in [0.05, 0.1) is 4.92 Å². The molecule has 2 rings (SSSR count). The number of carboxylic acids is 1. The molecule has 1 saturated heterocycles. The Morgan fingerprint density at radius 2 is 2.19 bits per heavy atom. The lowest BCUT2D eigenvalue weighted by Crippen LogP contribution is -2.23. The van der Waals surface area contributed by atoms with E-state index < -0.39 is 5.97 Å². The van der Waals surface area contributed by atoms with Gasteiger partial charge in [0, 0.05) is 31.1 Å². The van der Waals surface area contributed by atoms with Gasteiger partial charge in [0.1, 0.15) is 0 Å². The fourth-order valence-corrected chi connectivity index (χ4v) is 2.86. The molecular formula is C15H20N2O4. The van der Waals surface area contributed by atoms with Crippen LogP contribution in [0.15, 0.2) is 24.3 Å². The molecule has 0 bridgehead atoms. The summed E-state index contributed by atoms with van der Waals surface area (Å²) in [6.07, 6.45) is 2.62. The Balaban J connectivity index is 1.82. The van der Waals surface area contributed by atoms with Crippen molar-refractivity contribution in [1.82, 2.24) is 4.90 Å². The molecule has 0 aromatic heterocycles. The van der Waals surface area contributed by atoms with E-state index in [9.17, 15) is 14.9 Å². The van der Waals surface area contributed by atoms with Crippen LogP contribution in [-0.2, 0) is 11.2 Å². The number of hydrogen-bond acceptors (Lipinski definition) is 4. The maximum absolute atomic E-state index is 11.0. The number of hydrogen-bond donors (Lipinski definition) is 1. The molecule has 1 atom stereocenters. The van der Waals surface area contributed by atoms with E-state index in [0.717, 1.165) is 38.0 Å². The van der Waals surface area contributed by atoms with Crippen molar-refractivity contribution in [3.63, 3.8) is 0 Å². The quantitative estimate of drug-likeness (QED) is 0.616. The Morgan fingerprint density at radius 3 is 2.90 bits per heavy atom. The molecule has 1 aliphatic heterocycles. The number of rotatable bonds is 7. The summed E-state index contributed by atoms with van der Waals surface area (Å²) in [5.74, 6) is -0.305. The van der Waals surface area contributed by atoms with Crippen molar-refractivity contribution in [1.29, 1.82) is 0 Å². The molecule has 0 amide bonds. The van der Waals surface area contributed by atoms with Crippen molar-refractivity contribution in [2.24, 2.45) is 5.92 Å². The number of benzene rings is 1. The highest BCUT2D eigenvalue weighted by Gasteiger charge is 2.23. The second kappa shape index (κ2) is 7.17. The Morgan fingerprint density at radius 1 is 1.43 bits per heavy atom. The summed E-state index contributed by atoms with van der Waals surface area (Å²) in [6.45, 7) is 2.63. The number of nitrogens with zero attached hydrogens (tertiary/aromatic N) is 2. The van der Waals surface area contributed by atoms with Crippen molar-refractivity contribution in [2.45, 2.75) is 25.7 Å². The van der Waals surface area contributed by atoms with Gasteiger partial charge >= 0.3 is 5.97 Å². The summed E-state index contributed by atoms with van der Waals surface area (Å²) in [4.78, 5) is 23.5. The number of aliphatic carboxylic acids is 1. The summed E-state index contributed by atoms with van der Waals surface area (Å²) >= 11 is 0. The molecule has 1 heterocycles. The van der Waals surface area contributed by atoms with Crippen molar-refractivity contribution >= 4 is 11.7 Å². The minimum Gasteiger partial charge on any atom is -0.481 e. The number of carbonyl (C=O) groups is 1. The van der Waals surface area contributed by atoms with Gasteiger partial charge in [-0.3, -0.25) is 14.9 Å². The molecule has 1 fully saturated rings. The molecule has 1 aliphatic rings. The molecule has 6 nitrogen and oxygen atoms in total. The van der Waals surface area contributed by atoms with Crippen LogP contribution in [0.25, 0.3) is 0 Å². The molecule has 1 aromatic rings. The van der Waals surface area contributed by atoms with E-state index in [-0.39, 0.29) is 17.0 Å². The predicted octanol–water partition coefficient (Wildman–Crippen LogP) is 2.32. The summed E-state index contributed by atoms with van der Waals surface area (Å²) in [5, 5.41) is 19.7. The van der Waals surface area contributed by atoms with Crippen molar-refractivity contribution in [2.75, 3.05) is 19.6 Å². The van der Waals surface area contributed by atoms with Gasteiger partial charge in [-0.25, -0.2) is 0 Å². The fraction of sp³-hybridized carbons (Fsp3) is 0.533. The maximum atomic E-state index is 11.0. The third kappa shape index (κ3) is 4.53. The average Bonchev–Trinajstić information content (AvgIpc) is 2.91. The van der Waals surface area contributed by atoms with Crippen LogP contribution in [0.4, 0.5) is 5.69 Å². The fourth-order valence-electron chi connectivity index (χ4n) is 2.86. The van der Waals surface area contributed by atoms with E-state index in [1.807, 2.05) is 6.07 Å². The zero-order chi connectivity index (χ0) is 15.2. The van der Waals surface area contributed by atoms with Crippen molar-refractivity contribution < 1.29 is 14.8 Å². The molecule has 21 heavy (non-hydrogen) atoms. The molecule has 0 saturated carbocycles. The minimum atomic E-state index is -0.742. The van der Waals surface area contributed by atoms with Gasteiger partial charge in [0.15, 0.2) is 0 Å². The second-order valence-electron chi connectivity index (χ2n) is 5.52. The molecular weight excluding hydrogens is 272 g/mol. The van der Waals surface area contributed by atoms with E-state index in [0.29, 0.717) is 12.3 Å². The van der Waals surface area contributed by atoms with Crippen LogP contribution in [0, 0.1) is 16.0 Å². The largest absolute Gasteiger partial charge is 0.481 e. The SMILES string of the molecule is O=C(O)CCC1CCN(CCc2ccccc2[N+](=O)[O-])C1. The number of carboxylic acid groups (broad SMARTS) is 1. The lowest BCUT2D eigenvalue weighted by atomic mass is 10.0. The van der Waals surface area contributed by atoms with Gasteiger partial charge in [-0.15, -0.1) is 0 Å². The van der Waals surface area contributed by atoms with E-state index in [1.165, 1.54) is 6.07 Å². The average molecular weight is 292 g/mol. The molecule has 1 N–H and O–H groups in total. The van der Waals surface area contributed by atoms with E-state index in [1.54, 1.807) is 12.1 Å². The topological polar surface area (TPSA) is 83.7 Å². The molecule has 1 aromatic carbocycles. The Hall–Kier alpha value is -1.95. The van der Waals surface area contributed by atoms with Gasteiger partial charge < -0.3 is 10.0 Å². The second-order valence-corrected chi connectivity index (χ2v) is 5.52. The molecule has 114 valence electrons. The third-order valence-corrected chi connectivity index (χ3v) is 4.02. The first-order valence-corrected chi connectivity index (χ1v) is 7.22. The van der Waals surface area contributed by atoms with Crippen LogP contribution >= 0.6 is 0 Å². The van der Waals surface area contributed by atoms with Crippen LogP contribution in [0.2, 0.25) is 0 Å². The Kier molecular flexibility index (Phi) is 5.27. The molecule has 0 spiro atoms. The standard InChI is InChI=1S/C15H20N2O4/c18-15(19)6-5-12-7-9-16(11-12)10-8-13-3-1-2-4-14(13)17(20)21/h1-4,12H,5-11H2,(H,18,19). The first-order valence-electron chi connectivity index (χ1n) is 7.22. The van der Waals surface area contributed by atoms with E-state index >= 15 is 0 Å². The number of likely N-dealkylation sites (tertiary alicyclic amines) is 1. The first-order chi connectivity index (χ1) is 10.1. The van der Waals surface area contributed by atoms with Gasteiger partial charge in [0.25, 0.3) is 5.69 Å². The smallest absolute Gasteiger partial charge is 0.303 e. The number of nitro groups is 1. The summed E-state index contributed by atoms with van der Waals surface area (Å²) in [7, 11) is 0. The minimum absolute atomic E-state index is 0.180. The molecule has 0 radical (unpaired) electrons. The highest BCUT2D eigenvalue weighted by atomic mass is 16.6. The van der Waals surface area contributed by atoms with E-state index in [2.05, 4.69) is 4.90 Å². The van der Waals surface area contributed by atoms with Gasteiger partial charge in [0.2, 0.25) is 0 Å². The lowest BCUT2D eigenvalue weighted by molar-refractivity contribution is -0.385. The van der Waals surface area contributed by atoms with Gasteiger partial charge in [-0.2, -0.15) is 0 Å². The Bertz CT molecular complexity index is 518. The van der Waals surface area contributed by atoms with Gasteiger partial charge in [-0.05, 0) is 31.7 Å². The highest BCUT2D eigenvalue weighted by molar-refractivity contribution is 5.66. The third-order valence-electron chi connectivity index (χ3n) is 4.02. The van der Waals surface area contributed by atoms with Crippen LogP contribution in [0.1, 0.15) is 24.8 Å². The first kappa shape index (κ1) is 15.4. The van der Waals surface area contributed by atoms with E-state index in [4.69, 9.17) is 5.11 Å². The van der Waals surface area contributed by atoms with Crippen molar-refractivity contribution in [3.8, 4) is 0 Å². The zero-order valence-electron chi connectivity index (χ0n) is 11.9. The molecule has 0 aliphatic carbocycles. The maximum Gasteiger partial charge on any atom is 0.303 e. The van der Waals surface area contributed by atoms with Crippen LogP contribution in [0.3, 0.4) is 0 Å². The van der Waals surface area contributed by atoms with Crippen LogP contribution < -0.4 is 0 Å². The Labute approximate surface area is 123 Å². The van der Waals surface area contributed by atoms with Gasteiger partial charge in [-0.1, -0.05) is 18.2 Å². The lowest BCUT2D eigenvalue weighted by Gasteiger charge is -2.15. The monoisotopic (exact) mass is 292 g/mol. The molecule has 6 heteroatoms. The summed E-state index contributed by atoms with van der Waals surface area (Å²) in [5.41, 5.74) is 0.940.